The summed E-state index contributed by atoms with van der Waals surface area (Å²) >= 11 is 0. The molecular weight excluding hydrogens is 502 g/mol. The van der Waals surface area contributed by atoms with Gasteiger partial charge in [-0.05, 0) is 68.3 Å². The molecule has 0 saturated heterocycles. The molecular formula is C29H33N3O5S. The van der Waals surface area contributed by atoms with Gasteiger partial charge in [-0.1, -0.05) is 49.1 Å². The number of carbonyl (C=O) groups is 2. The quantitative estimate of drug-likeness (QED) is 0.406. The standard InChI is InChI=1S/C29H33N3O5S/c1-21-12-18-25(19-13-21)38(35,36)32(23-14-16-24(37-2)17-15-23)20-28(33)31-27-11-7-6-10-26(27)29(34)30-22-8-4-3-5-9-22/h6-7,10-19,22H,3-5,8-9,20H2,1-2H3,(H,30,34)(H,31,33). The third-order valence-corrected chi connectivity index (χ3v) is 8.43. The number of nitrogens with one attached hydrogen (secondary N) is 2. The van der Waals surface area contributed by atoms with Gasteiger partial charge in [0.05, 0.1) is 28.9 Å². The Bertz CT molecular complexity index is 1370. The fourth-order valence-corrected chi connectivity index (χ4v) is 5.94. The van der Waals surface area contributed by atoms with Gasteiger partial charge in [-0.2, -0.15) is 0 Å². The molecule has 8 nitrogen and oxygen atoms in total. The van der Waals surface area contributed by atoms with Gasteiger partial charge >= 0.3 is 0 Å². The molecule has 0 radical (unpaired) electrons. The SMILES string of the molecule is COc1ccc(N(CC(=O)Nc2ccccc2C(=O)NC2CCCCC2)S(=O)(=O)c2ccc(C)cc2)cc1. The third-order valence-electron chi connectivity index (χ3n) is 6.64. The molecule has 0 aliphatic heterocycles. The zero-order valence-corrected chi connectivity index (χ0v) is 22.5. The van der Waals surface area contributed by atoms with E-state index in [9.17, 15) is 18.0 Å². The summed E-state index contributed by atoms with van der Waals surface area (Å²) in [7, 11) is -2.55. The predicted molar refractivity (Wildman–Crippen MR) is 148 cm³/mol. The summed E-state index contributed by atoms with van der Waals surface area (Å²) in [6.07, 6.45) is 5.22. The lowest BCUT2D eigenvalue weighted by Gasteiger charge is -2.25. The van der Waals surface area contributed by atoms with Gasteiger partial charge in [0.15, 0.2) is 0 Å². The average molecular weight is 536 g/mol. The van der Waals surface area contributed by atoms with Gasteiger partial charge in [0.1, 0.15) is 12.3 Å². The van der Waals surface area contributed by atoms with Crippen molar-refractivity contribution >= 4 is 33.2 Å². The normalized spacial score (nSPS) is 13.9. The highest BCUT2D eigenvalue weighted by atomic mass is 32.2. The zero-order valence-electron chi connectivity index (χ0n) is 21.6. The molecule has 0 unspecified atom stereocenters. The van der Waals surface area contributed by atoms with E-state index in [-0.39, 0.29) is 16.8 Å². The number of sulfonamides is 1. The molecule has 200 valence electrons. The summed E-state index contributed by atoms with van der Waals surface area (Å²) in [5.74, 6) is -0.273. The number of hydrogen-bond acceptors (Lipinski definition) is 5. The molecule has 1 saturated carbocycles. The van der Waals surface area contributed by atoms with E-state index >= 15 is 0 Å². The van der Waals surface area contributed by atoms with E-state index in [0.717, 1.165) is 35.6 Å². The number of para-hydroxylation sites is 1. The molecule has 1 fully saturated rings. The minimum absolute atomic E-state index is 0.0685. The Kier molecular flexibility index (Phi) is 8.68. The molecule has 0 atom stereocenters. The van der Waals surface area contributed by atoms with Crippen LogP contribution < -0.4 is 19.7 Å². The van der Waals surface area contributed by atoms with Gasteiger partial charge in [-0.25, -0.2) is 8.42 Å². The number of benzene rings is 3. The maximum Gasteiger partial charge on any atom is 0.264 e. The number of rotatable bonds is 9. The first-order valence-electron chi connectivity index (χ1n) is 12.7. The van der Waals surface area contributed by atoms with Crippen LogP contribution in [-0.4, -0.2) is 39.9 Å². The molecule has 0 bridgehead atoms. The summed E-state index contributed by atoms with van der Waals surface area (Å²) < 4.78 is 33.5. The Labute approximate surface area is 224 Å². The van der Waals surface area contributed by atoms with Gasteiger partial charge in [-0.3, -0.25) is 13.9 Å². The van der Waals surface area contributed by atoms with Crippen molar-refractivity contribution in [2.75, 3.05) is 23.3 Å². The van der Waals surface area contributed by atoms with Gasteiger partial charge in [0.25, 0.3) is 15.9 Å². The first kappa shape index (κ1) is 27.2. The zero-order chi connectivity index (χ0) is 27.1. The van der Waals surface area contributed by atoms with Crippen LogP contribution in [0, 0.1) is 6.92 Å². The van der Waals surface area contributed by atoms with Crippen LogP contribution in [0.25, 0.3) is 0 Å². The second-order valence-electron chi connectivity index (χ2n) is 9.42. The van der Waals surface area contributed by atoms with E-state index in [0.29, 0.717) is 22.7 Å². The highest BCUT2D eigenvalue weighted by Gasteiger charge is 2.28. The van der Waals surface area contributed by atoms with Crippen molar-refractivity contribution in [3.8, 4) is 5.75 Å². The van der Waals surface area contributed by atoms with Crippen molar-refractivity contribution in [1.82, 2.24) is 5.32 Å². The monoisotopic (exact) mass is 535 g/mol. The Hall–Kier alpha value is -3.85. The van der Waals surface area contributed by atoms with Crippen molar-refractivity contribution in [3.05, 3.63) is 83.9 Å². The van der Waals surface area contributed by atoms with Crippen LogP contribution in [0.2, 0.25) is 0 Å². The van der Waals surface area contributed by atoms with Crippen LogP contribution in [0.4, 0.5) is 11.4 Å². The van der Waals surface area contributed by atoms with Crippen molar-refractivity contribution in [1.29, 1.82) is 0 Å². The number of amides is 2. The minimum atomic E-state index is -4.07. The topological polar surface area (TPSA) is 105 Å². The largest absolute Gasteiger partial charge is 0.497 e. The summed E-state index contributed by atoms with van der Waals surface area (Å²) in [6, 6.07) is 19.8. The van der Waals surface area contributed by atoms with Crippen LogP contribution in [0.1, 0.15) is 48.0 Å². The maximum atomic E-state index is 13.6. The lowest BCUT2D eigenvalue weighted by molar-refractivity contribution is -0.114. The van der Waals surface area contributed by atoms with E-state index in [4.69, 9.17) is 4.74 Å². The van der Waals surface area contributed by atoms with E-state index in [1.54, 1.807) is 60.7 Å². The highest BCUT2D eigenvalue weighted by Crippen LogP contribution is 2.27. The number of ether oxygens (including phenoxy) is 1. The van der Waals surface area contributed by atoms with Crippen LogP contribution >= 0.6 is 0 Å². The van der Waals surface area contributed by atoms with Gasteiger partial charge in [0.2, 0.25) is 5.91 Å². The molecule has 1 aliphatic carbocycles. The molecule has 4 rings (SSSR count). The lowest BCUT2D eigenvalue weighted by atomic mass is 9.95. The molecule has 0 heterocycles. The third kappa shape index (κ3) is 6.52. The number of aryl methyl sites for hydroxylation is 1. The average Bonchev–Trinajstić information content (AvgIpc) is 2.93. The number of methoxy groups -OCH3 is 1. The Morgan fingerprint density at radius 1 is 0.921 bits per heavy atom. The van der Waals surface area contributed by atoms with E-state index in [2.05, 4.69) is 10.6 Å². The van der Waals surface area contributed by atoms with E-state index < -0.39 is 22.5 Å². The summed E-state index contributed by atoms with van der Waals surface area (Å²) in [6.45, 7) is 1.38. The van der Waals surface area contributed by atoms with Crippen LogP contribution in [-0.2, 0) is 14.8 Å². The fourth-order valence-electron chi connectivity index (χ4n) is 4.52. The minimum Gasteiger partial charge on any atom is -0.497 e. The maximum absolute atomic E-state index is 13.6. The van der Waals surface area contributed by atoms with Crippen LogP contribution in [0.3, 0.4) is 0 Å². The number of nitrogens with zero attached hydrogens (tertiary/aromatic N) is 1. The van der Waals surface area contributed by atoms with Gasteiger partial charge < -0.3 is 15.4 Å². The van der Waals surface area contributed by atoms with E-state index in [1.807, 2.05) is 6.92 Å². The molecule has 9 heteroatoms. The van der Waals surface area contributed by atoms with Crippen LogP contribution in [0.5, 0.6) is 5.75 Å². The predicted octanol–water partition coefficient (Wildman–Crippen LogP) is 4.90. The smallest absolute Gasteiger partial charge is 0.264 e. The van der Waals surface area contributed by atoms with Crippen molar-refractivity contribution in [3.63, 3.8) is 0 Å². The molecule has 38 heavy (non-hydrogen) atoms. The molecule has 0 spiro atoms. The van der Waals surface area contributed by atoms with Crippen LogP contribution in [0.15, 0.2) is 77.7 Å². The molecule has 0 aromatic heterocycles. The molecule has 2 N–H and O–H groups in total. The lowest BCUT2D eigenvalue weighted by Crippen LogP contribution is -2.39. The second-order valence-corrected chi connectivity index (χ2v) is 11.3. The number of anilines is 2. The number of hydrogen-bond donors (Lipinski definition) is 2. The van der Waals surface area contributed by atoms with E-state index in [1.165, 1.54) is 25.7 Å². The Morgan fingerprint density at radius 2 is 1.58 bits per heavy atom. The van der Waals surface area contributed by atoms with Gasteiger partial charge in [-0.15, -0.1) is 0 Å². The molecule has 1 aliphatic rings. The highest BCUT2D eigenvalue weighted by molar-refractivity contribution is 7.92. The number of carbonyl (C=O) groups excluding carboxylic acids is 2. The molecule has 3 aromatic rings. The Morgan fingerprint density at radius 3 is 2.24 bits per heavy atom. The first-order valence-corrected chi connectivity index (χ1v) is 14.1. The fraction of sp³-hybridized carbons (Fsp3) is 0.310. The van der Waals surface area contributed by atoms with Crippen molar-refractivity contribution in [2.45, 2.75) is 50.0 Å². The Balaban J connectivity index is 1.58. The van der Waals surface area contributed by atoms with Crippen molar-refractivity contribution < 1.29 is 22.7 Å². The second kappa shape index (κ2) is 12.1. The summed E-state index contributed by atoms with van der Waals surface area (Å²) in [5.41, 5.74) is 1.89. The van der Waals surface area contributed by atoms with Crippen molar-refractivity contribution in [2.24, 2.45) is 0 Å². The molecule has 3 aromatic carbocycles. The first-order chi connectivity index (χ1) is 18.3. The summed E-state index contributed by atoms with van der Waals surface area (Å²) in [4.78, 5) is 26.3. The summed E-state index contributed by atoms with van der Waals surface area (Å²) in [5, 5.41) is 5.82. The van der Waals surface area contributed by atoms with Gasteiger partial charge in [0, 0.05) is 6.04 Å². The molecule has 2 amide bonds.